The molecule has 0 fully saturated rings. The van der Waals surface area contributed by atoms with Gasteiger partial charge in [0, 0.05) is 0 Å². The van der Waals surface area contributed by atoms with Crippen LogP contribution in [0, 0.1) is 17.8 Å². The summed E-state index contributed by atoms with van der Waals surface area (Å²) in [5, 5.41) is 61.7. The van der Waals surface area contributed by atoms with Gasteiger partial charge in [-0.25, -0.2) is 0 Å². The van der Waals surface area contributed by atoms with Crippen molar-refractivity contribution in [1.82, 2.24) is 0 Å². The van der Waals surface area contributed by atoms with Crippen molar-refractivity contribution in [3.05, 3.63) is 105 Å². The number of rotatable bonds is 39. The Morgan fingerprint density at radius 2 is 0.662 bits per heavy atom. The Hall–Kier alpha value is -3.67. The average Bonchev–Trinajstić information content (AvgIpc) is 3.34. The van der Waals surface area contributed by atoms with E-state index in [9.17, 15) is 59.4 Å². The number of hydrogen-bond acceptors (Lipinski definition) is 9. The van der Waals surface area contributed by atoms with Crippen molar-refractivity contribution < 1.29 is 59.4 Å². The second kappa shape index (κ2) is 33.5. The van der Waals surface area contributed by atoms with Crippen molar-refractivity contribution in [2.24, 2.45) is 17.8 Å². The van der Waals surface area contributed by atoms with Gasteiger partial charge < -0.3 is 0 Å². The fourth-order valence-corrected chi connectivity index (χ4v) is 49.9. The van der Waals surface area contributed by atoms with Gasteiger partial charge in [0.15, 0.2) is 0 Å². The summed E-state index contributed by atoms with van der Waals surface area (Å²) in [4.78, 5) is 75.6. The van der Waals surface area contributed by atoms with Crippen molar-refractivity contribution >= 4 is 76.9 Å². The van der Waals surface area contributed by atoms with Gasteiger partial charge >= 0.3 is 456 Å². The third-order valence-corrected chi connectivity index (χ3v) is 54.2. The summed E-state index contributed by atoms with van der Waals surface area (Å²) in [7, 11) is 6.01. The van der Waals surface area contributed by atoms with Crippen LogP contribution < -0.4 is 0 Å². The van der Waals surface area contributed by atoms with Gasteiger partial charge in [0.05, 0.1) is 0 Å². The first-order valence-corrected chi connectivity index (χ1v) is 42.3. The molecule has 0 aliphatic carbocycles. The first-order valence-electron chi connectivity index (χ1n) is 26.8. The average molecular weight is 1190 g/mol. The zero-order valence-corrected chi connectivity index (χ0v) is 50.2. The summed E-state index contributed by atoms with van der Waals surface area (Å²) in [6.45, 7) is 15.2. The molecular formula is C58H84O12S3Sn. The molecule has 3 atom stereocenters. The van der Waals surface area contributed by atoms with Crippen LogP contribution in [0.4, 0.5) is 0 Å². The Kier molecular flexibility index (Phi) is 29.2. The van der Waals surface area contributed by atoms with E-state index in [2.05, 4.69) is 48.5 Å². The van der Waals surface area contributed by atoms with Crippen LogP contribution >= 0.6 is 26.8 Å². The minimum absolute atomic E-state index is 0.164. The van der Waals surface area contributed by atoms with Crippen LogP contribution in [0.25, 0.3) is 0 Å². The van der Waals surface area contributed by atoms with Crippen molar-refractivity contribution in [3.8, 4) is 0 Å². The molecule has 0 aliphatic heterocycles. The molecular weight excluding hydrogens is 1100 g/mol. The van der Waals surface area contributed by atoms with Crippen LogP contribution in [0.15, 0.2) is 54.6 Å². The Morgan fingerprint density at radius 3 is 0.892 bits per heavy atom. The van der Waals surface area contributed by atoms with Gasteiger partial charge in [0.2, 0.25) is 0 Å². The molecule has 3 aromatic carbocycles. The normalized spacial score (nSPS) is 13.7. The molecule has 16 heteroatoms. The summed E-state index contributed by atoms with van der Waals surface area (Å²) in [5.41, 5.74) is 0.433. The van der Waals surface area contributed by atoms with E-state index in [-0.39, 0.29) is 51.1 Å². The third kappa shape index (κ3) is 21.0. The number of benzene rings is 3. The first kappa shape index (κ1) is 64.6. The SMILES string of the molecule is CCC[CH2][Sn]([S]CCC(CCCCC(C)C)c1cccc(C(=O)O)c1C(=O)O)([S]CCC(CCCCC(C)C)c1cccc(C(=O)O)c1C(=O)O)[S]CCC(CCCCC(C)C)c1cccc(C(=O)O)c1C(=O)O. The summed E-state index contributed by atoms with van der Waals surface area (Å²) in [6, 6.07) is 14.3. The molecule has 410 valence electrons. The maximum absolute atomic E-state index is 12.8. The Balaban J connectivity index is 2.16. The van der Waals surface area contributed by atoms with Gasteiger partial charge in [0.1, 0.15) is 0 Å². The minimum atomic E-state index is -3.61. The molecule has 0 amide bonds. The quantitative estimate of drug-likeness (QED) is 0.0231. The second-order valence-corrected chi connectivity index (χ2v) is 55.0. The van der Waals surface area contributed by atoms with Gasteiger partial charge in [-0.2, -0.15) is 0 Å². The first-order chi connectivity index (χ1) is 35.1. The molecule has 3 aromatic rings. The van der Waals surface area contributed by atoms with E-state index in [4.69, 9.17) is 0 Å². The van der Waals surface area contributed by atoms with E-state index in [1.165, 1.54) is 18.2 Å². The van der Waals surface area contributed by atoms with E-state index < -0.39 is 50.0 Å². The maximum atomic E-state index is 12.8. The van der Waals surface area contributed by atoms with Crippen molar-refractivity contribution in [1.29, 1.82) is 0 Å². The van der Waals surface area contributed by atoms with Crippen LogP contribution in [0.5, 0.6) is 0 Å². The van der Waals surface area contributed by atoms with E-state index in [1.807, 2.05) is 26.8 Å². The second-order valence-electron chi connectivity index (χ2n) is 21.0. The molecule has 3 unspecified atom stereocenters. The van der Waals surface area contributed by atoms with Crippen LogP contribution in [-0.4, -0.2) is 97.9 Å². The molecule has 12 nitrogen and oxygen atoms in total. The number of aromatic carboxylic acids is 6. The predicted octanol–water partition coefficient (Wildman–Crippen LogP) is 16.3. The molecule has 0 heterocycles. The van der Waals surface area contributed by atoms with Gasteiger partial charge in [-0.3, -0.25) is 0 Å². The van der Waals surface area contributed by atoms with E-state index >= 15 is 0 Å². The molecule has 0 aliphatic rings. The van der Waals surface area contributed by atoms with Crippen LogP contribution in [0.1, 0.15) is 254 Å². The monoisotopic (exact) mass is 1190 g/mol. The summed E-state index contributed by atoms with van der Waals surface area (Å²) in [5.74, 6) is -4.65. The van der Waals surface area contributed by atoms with Gasteiger partial charge in [-0.1, -0.05) is 0 Å². The van der Waals surface area contributed by atoms with Crippen molar-refractivity contribution in [2.75, 3.05) is 17.3 Å². The number of hydrogen-bond donors (Lipinski definition) is 6. The molecule has 0 saturated carbocycles. The van der Waals surface area contributed by atoms with E-state index in [0.29, 0.717) is 90.2 Å². The Morgan fingerprint density at radius 1 is 0.392 bits per heavy atom. The predicted molar refractivity (Wildman–Crippen MR) is 306 cm³/mol. The Bertz CT molecular complexity index is 2050. The Labute approximate surface area is 452 Å². The molecule has 74 heavy (non-hydrogen) atoms. The number of unbranched alkanes of at least 4 members (excludes halogenated alkanes) is 4. The zero-order valence-electron chi connectivity index (χ0n) is 44.9. The summed E-state index contributed by atoms with van der Waals surface area (Å²) in [6.07, 6.45) is 14.4. The molecule has 3 rings (SSSR count). The molecule has 0 aromatic heterocycles. The third-order valence-electron chi connectivity index (χ3n) is 13.9. The fourth-order valence-electron chi connectivity index (χ4n) is 9.98. The topological polar surface area (TPSA) is 224 Å². The van der Waals surface area contributed by atoms with Gasteiger partial charge in [0.25, 0.3) is 0 Å². The molecule has 0 spiro atoms. The number of carbonyl (C=O) groups is 6. The molecule has 0 saturated heterocycles. The summed E-state index contributed by atoms with van der Waals surface area (Å²) >= 11 is -3.61. The van der Waals surface area contributed by atoms with Crippen molar-refractivity contribution in [3.63, 3.8) is 0 Å². The standard InChI is InChI=1S/3C18H26O4S.C4H9.Sn/c3*1-12(2)6-3-4-7-13(10-11-23)14-8-5-9-15(17(19)20)16(14)18(21)22;1-3-4-2;/h3*5,8-9,12-13,23H,3-4,6-7,10-11H2,1-2H3,(H,19,20)(H,21,22);1,3-4H2,2H3;/q;;;;+3/p-3. The molecule has 0 radical (unpaired) electrons. The number of carboxylic acid groups (broad SMARTS) is 6. The zero-order chi connectivity index (χ0) is 55.0. The summed E-state index contributed by atoms with van der Waals surface area (Å²) < 4.78 is 0.987. The molecule has 0 bridgehead atoms. The fraction of sp³-hybridized carbons (Fsp3) is 0.586. The van der Waals surface area contributed by atoms with Crippen LogP contribution in [-0.2, 0) is 0 Å². The van der Waals surface area contributed by atoms with E-state index in [1.54, 1.807) is 36.4 Å². The van der Waals surface area contributed by atoms with E-state index in [0.717, 1.165) is 75.1 Å². The molecule has 6 N–H and O–H groups in total. The van der Waals surface area contributed by atoms with Crippen LogP contribution in [0.3, 0.4) is 0 Å². The van der Waals surface area contributed by atoms with Gasteiger partial charge in [-0.15, -0.1) is 0 Å². The van der Waals surface area contributed by atoms with Crippen molar-refractivity contribution in [2.45, 2.75) is 180 Å². The van der Waals surface area contributed by atoms with Crippen LogP contribution in [0.2, 0.25) is 4.44 Å². The number of carboxylic acids is 6. The van der Waals surface area contributed by atoms with Gasteiger partial charge in [-0.05, 0) is 0 Å².